The normalized spacial score (nSPS) is 10.1. The van der Waals surface area contributed by atoms with Gasteiger partial charge >= 0.3 is 0 Å². The molecule has 2 aromatic carbocycles. The number of nitrogens with one attached hydrogen (secondary N) is 1. The van der Waals surface area contributed by atoms with Crippen molar-refractivity contribution in [2.45, 2.75) is 6.61 Å². The van der Waals surface area contributed by atoms with Crippen molar-refractivity contribution >= 4 is 17.3 Å². The van der Waals surface area contributed by atoms with E-state index in [4.69, 9.17) is 15.2 Å². The van der Waals surface area contributed by atoms with Crippen molar-refractivity contribution in [3.63, 3.8) is 0 Å². The third kappa shape index (κ3) is 4.81. The van der Waals surface area contributed by atoms with Gasteiger partial charge in [0.05, 0.1) is 6.61 Å². The lowest BCUT2D eigenvalue weighted by atomic mass is 10.2. The molecule has 5 nitrogen and oxygen atoms in total. The van der Waals surface area contributed by atoms with Crippen molar-refractivity contribution in [2.75, 3.05) is 24.8 Å². The molecule has 0 aliphatic heterocycles. The maximum atomic E-state index is 11.8. The van der Waals surface area contributed by atoms with Crippen LogP contribution < -0.4 is 15.8 Å². The molecule has 0 fully saturated rings. The quantitative estimate of drug-likeness (QED) is 0.800. The first-order valence-corrected chi connectivity index (χ1v) is 6.53. The van der Waals surface area contributed by atoms with Gasteiger partial charge in [-0.3, -0.25) is 4.79 Å². The van der Waals surface area contributed by atoms with Crippen LogP contribution in [0.2, 0.25) is 0 Å². The molecule has 0 spiro atoms. The number of ether oxygens (including phenoxy) is 2. The first-order valence-electron chi connectivity index (χ1n) is 6.53. The van der Waals surface area contributed by atoms with Gasteiger partial charge in [0.2, 0.25) is 0 Å². The Morgan fingerprint density at radius 1 is 1.19 bits per heavy atom. The maximum Gasteiger partial charge on any atom is 0.262 e. The van der Waals surface area contributed by atoms with Gasteiger partial charge in [0.15, 0.2) is 6.61 Å². The van der Waals surface area contributed by atoms with Crippen LogP contribution in [0.25, 0.3) is 0 Å². The minimum atomic E-state index is -0.238. The van der Waals surface area contributed by atoms with E-state index in [-0.39, 0.29) is 12.5 Å². The van der Waals surface area contributed by atoms with Crippen LogP contribution in [0.1, 0.15) is 5.56 Å². The van der Waals surface area contributed by atoms with Crippen LogP contribution in [0.4, 0.5) is 11.4 Å². The van der Waals surface area contributed by atoms with Gasteiger partial charge in [-0.2, -0.15) is 0 Å². The average molecular weight is 286 g/mol. The number of hydrogen-bond donors (Lipinski definition) is 2. The third-order valence-corrected chi connectivity index (χ3v) is 2.75. The van der Waals surface area contributed by atoms with Gasteiger partial charge in [-0.25, -0.2) is 0 Å². The highest BCUT2D eigenvalue weighted by molar-refractivity contribution is 5.92. The lowest BCUT2D eigenvalue weighted by Crippen LogP contribution is -2.20. The minimum absolute atomic E-state index is 0.0643. The molecule has 0 saturated heterocycles. The summed E-state index contributed by atoms with van der Waals surface area (Å²) in [4.78, 5) is 11.8. The van der Waals surface area contributed by atoms with Gasteiger partial charge in [0.25, 0.3) is 5.91 Å². The van der Waals surface area contributed by atoms with Gasteiger partial charge in [-0.15, -0.1) is 0 Å². The van der Waals surface area contributed by atoms with Crippen LogP contribution in [0.5, 0.6) is 5.75 Å². The molecule has 5 heteroatoms. The third-order valence-electron chi connectivity index (χ3n) is 2.75. The fourth-order valence-electron chi connectivity index (χ4n) is 1.85. The molecule has 0 radical (unpaired) electrons. The Labute approximate surface area is 123 Å². The van der Waals surface area contributed by atoms with Crippen molar-refractivity contribution in [3.05, 3.63) is 54.1 Å². The predicted octanol–water partition coefficient (Wildman–Crippen LogP) is 2.43. The SMILES string of the molecule is COCc1cccc(OCC(=O)Nc2cccc(N)c2)c1. The van der Waals surface area contributed by atoms with Crippen molar-refractivity contribution in [3.8, 4) is 5.75 Å². The van der Waals surface area contributed by atoms with Gasteiger partial charge in [0, 0.05) is 18.5 Å². The van der Waals surface area contributed by atoms with E-state index in [9.17, 15) is 4.79 Å². The summed E-state index contributed by atoms with van der Waals surface area (Å²) in [7, 11) is 1.63. The molecule has 0 saturated carbocycles. The second-order valence-corrected chi connectivity index (χ2v) is 4.54. The number of anilines is 2. The van der Waals surface area contributed by atoms with E-state index < -0.39 is 0 Å². The molecule has 0 aliphatic rings. The summed E-state index contributed by atoms with van der Waals surface area (Å²) >= 11 is 0. The summed E-state index contributed by atoms with van der Waals surface area (Å²) in [5.41, 5.74) is 7.89. The number of carbonyl (C=O) groups is 1. The Bertz CT molecular complexity index is 614. The lowest BCUT2D eigenvalue weighted by Gasteiger charge is -2.09. The van der Waals surface area contributed by atoms with E-state index in [1.165, 1.54) is 0 Å². The fraction of sp³-hybridized carbons (Fsp3) is 0.188. The molecule has 1 amide bonds. The van der Waals surface area contributed by atoms with Crippen LogP contribution >= 0.6 is 0 Å². The molecule has 0 unspecified atom stereocenters. The summed E-state index contributed by atoms with van der Waals surface area (Å²) in [6.07, 6.45) is 0. The predicted molar refractivity (Wildman–Crippen MR) is 82.1 cm³/mol. The molecular formula is C16H18N2O3. The molecule has 0 heterocycles. The second-order valence-electron chi connectivity index (χ2n) is 4.54. The summed E-state index contributed by atoms with van der Waals surface area (Å²) < 4.78 is 10.5. The van der Waals surface area contributed by atoms with E-state index in [1.807, 2.05) is 18.2 Å². The van der Waals surface area contributed by atoms with Crippen LogP contribution in [0, 0.1) is 0 Å². The van der Waals surface area contributed by atoms with Gasteiger partial charge in [-0.1, -0.05) is 18.2 Å². The summed E-state index contributed by atoms with van der Waals surface area (Å²) in [5, 5.41) is 2.72. The van der Waals surface area contributed by atoms with E-state index >= 15 is 0 Å². The highest BCUT2D eigenvalue weighted by Crippen LogP contribution is 2.15. The zero-order chi connectivity index (χ0) is 15.1. The van der Waals surface area contributed by atoms with E-state index in [1.54, 1.807) is 37.4 Å². The Balaban J connectivity index is 1.87. The first kappa shape index (κ1) is 14.9. The zero-order valence-corrected chi connectivity index (χ0v) is 11.8. The van der Waals surface area contributed by atoms with Gasteiger partial charge in [-0.05, 0) is 35.9 Å². The molecule has 2 rings (SSSR count). The van der Waals surface area contributed by atoms with Crippen LogP contribution in [0.15, 0.2) is 48.5 Å². The molecule has 3 N–H and O–H groups in total. The van der Waals surface area contributed by atoms with Gasteiger partial charge in [0.1, 0.15) is 5.75 Å². The number of benzene rings is 2. The number of nitrogens with two attached hydrogens (primary N) is 1. The molecular weight excluding hydrogens is 268 g/mol. The largest absolute Gasteiger partial charge is 0.484 e. The van der Waals surface area contributed by atoms with E-state index in [0.717, 1.165) is 5.56 Å². The fourth-order valence-corrected chi connectivity index (χ4v) is 1.85. The molecule has 0 aromatic heterocycles. The topological polar surface area (TPSA) is 73.6 Å². The van der Waals surface area contributed by atoms with Gasteiger partial charge < -0.3 is 20.5 Å². The monoisotopic (exact) mass is 286 g/mol. The zero-order valence-electron chi connectivity index (χ0n) is 11.8. The highest BCUT2D eigenvalue weighted by atomic mass is 16.5. The maximum absolute atomic E-state index is 11.8. The Kier molecular flexibility index (Phi) is 5.17. The second kappa shape index (κ2) is 7.31. The number of rotatable bonds is 6. The van der Waals surface area contributed by atoms with Crippen molar-refractivity contribution in [1.29, 1.82) is 0 Å². The number of nitrogen functional groups attached to an aromatic ring is 1. The number of hydrogen-bond acceptors (Lipinski definition) is 4. The first-order chi connectivity index (χ1) is 10.2. The Hall–Kier alpha value is -2.53. The van der Waals surface area contributed by atoms with E-state index in [0.29, 0.717) is 23.7 Å². The molecule has 110 valence electrons. The van der Waals surface area contributed by atoms with Crippen LogP contribution in [-0.2, 0) is 16.1 Å². The Morgan fingerprint density at radius 3 is 2.76 bits per heavy atom. The summed E-state index contributed by atoms with van der Waals surface area (Å²) in [6, 6.07) is 14.4. The Morgan fingerprint density at radius 2 is 2.00 bits per heavy atom. The van der Waals surface area contributed by atoms with E-state index in [2.05, 4.69) is 5.32 Å². The molecule has 0 atom stereocenters. The smallest absolute Gasteiger partial charge is 0.262 e. The molecule has 0 aliphatic carbocycles. The summed E-state index contributed by atoms with van der Waals surface area (Å²) in [5.74, 6) is 0.394. The minimum Gasteiger partial charge on any atom is -0.484 e. The van der Waals surface area contributed by atoms with Crippen LogP contribution in [-0.4, -0.2) is 19.6 Å². The molecule has 21 heavy (non-hydrogen) atoms. The summed E-state index contributed by atoms with van der Waals surface area (Å²) in [6.45, 7) is 0.442. The standard InChI is InChI=1S/C16H18N2O3/c1-20-10-12-4-2-7-15(8-12)21-11-16(19)18-14-6-3-5-13(17)9-14/h2-9H,10-11,17H2,1H3,(H,18,19). The molecule has 2 aromatic rings. The number of amides is 1. The lowest BCUT2D eigenvalue weighted by molar-refractivity contribution is -0.118. The number of methoxy groups -OCH3 is 1. The number of carbonyl (C=O) groups excluding carboxylic acids is 1. The van der Waals surface area contributed by atoms with Crippen molar-refractivity contribution < 1.29 is 14.3 Å². The van der Waals surface area contributed by atoms with Crippen molar-refractivity contribution in [1.82, 2.24) is 0 Å². The highest BCUT2D eigenvalue weighted by Gasteiger charge is 2.04. The van der Waals surface area contributed by atoms with Crippen LogP contribution in [0.3, 0.4) is 0 Å². The molecule has 0 bridgehead atoms. The average Bonchev–Trinajstić information content (AvgIpc) is 2.46. The van der Waals surface area contributed by atoms with Crippen molar-refractivity contribution in [2.24, 2.45) is 0 Å².